The van der Waals surface area contributed by atoms with Gasteiger partial charge in [0.1, 0.15) is 5.54 Å². The lowest BCUT2D eigenvalue weighted by Crippen LogP contribution is -2.46. The Kier molecular flexibility index (Phi) is 2.74. The largest absolute Gasteiger partial charge is 0.286 e. The maximum Gasteiger partial charge on any atom is 0.109 e. The molecule has 0 aromatic rings. The van der Waals surface area contributed by atoms with Crippen molar-refractivity contribution in [1.82, 2.24) is 4.90 Å². The highest BCUT2D eigenvalue weighted by Gasteiger charge is 2.44. The van der Waals surface area contributed by atoms with E-state index in [-0.39, 0.29) is 5.54 Å². The molecule has 0 amide bonds. The zero-order valence-corrected chi connectivity index (χ0v) is 8.30. The minimum absolute atomic E-state index is 0.191. The maximum atomic E-state index is 9.14. The summed E-state index contributed by atoms with van der Waals surface area (Å²) in [4.78, 5) is 2.27. The van der Waals surface area contributed by atoms with Crippen molar-refractivity contribution in [2.75, 3.05) is 13.1 Å². The fraction of sp³-hybridized carbons (Fsp3) is 0.900. The lowest BCUT2D eigenvalue weighted by molar-refractivity contribution is 0.147. The SMILES string of the molecule is CCN(CC)C(C)(C#N)C1CC1. The summed E-state index contributed by atoms with van der Waals surface area (Å²) >= 11 is 0. The van der Waals surface area contributed by atoms with E-state index < -0.39 is 0 Å². The van der Waals surface area contributed by atoms with Crippen LogP contribution in [0.3, 0.4) is 0 Å². The molecule has 1 aliphatic rings. The van der Waals surface area contributed by atoms with Crippen LogP contribution in [0.2, 0.25) is 0 Å². The van der Waals surface area contributed by atoms with Gasteiger partial charge in [-0.05, 0) is 38.8 Å². The summed E-state index contributed by atoms with van der Waals surface area (Å²) in [6, 6.07) is 2.47. The summed E-state index contributed by atoms with van der Waals surface area (Å²) < 4.78 is 0. The van der Waals surface area contributed by atoms with Crippen molar-refractivity contribution >= 4 is 0 Å². The average Bonchev–Trinajstić information content (AvgIpc) is 2.88. The first-order chi connectivity index (χ1) is 5.69. The van der Waals surface area contributed by atoms with Gasteiger partial charge in [-0.3, -0.25) is 4.90 Å². The molecule has 0 heterocycles. The molecule has 68 valence electrons. The Morgan fingerprint density at radius 1 is 1.42 bits per heavy atom. The molecule has 1 atom stereocenters. The van der Waals surface area contributed by atoms with E-state index in [4.69, 9.17) is 5.26 Å². The van der Waals surface area contributed by atoms with Crippen molar-refractivity contribution in [3.63, 3.8) is 0 Å². The molecule has 1 unspecified atom stereocenters. The van der Waals surface area contributed by atoms with Crippen molar-refractivity contribution in [1.29, 1.82) is 5.26 Å². The second-order valence-corrected chi connectivity index (χ2v) is 3.71. The van der Waals surface area contributed by atoms with Crippen LogP contribution in [0.25, 0.3) is 0 Å². The van der Waals surface area contributed by atoms with Crippen LogP contribution in [-0.2, 0) is 0 Å². The van der Waals surface area contributed by atoms with E-state index in [1.807, 2.05) is 0 Å². The molecular formula is C10H18N2. The van der Waals surface area contributed by atoms with E-state index >= 15 is 0 Å². The van der Waals surface area contributed by atoms with Crippen molar-refractivity contribution in [3.8, 4) is 6.07 Å². The van der Waals surface area contributed by atoms with Crippen LogP contribution >= 0.6 is 0 Å². The molecule has 1 rings (SSSR count). The fourth-order valence-electron chi connectivity index (χ4n) is 1.95. The van der Waals surface area contributed by atoms with E-state index in [1.165, 1.54) is 12.8 Å². The molecule has 0 radical (unpaired) electrons. The van der Waals surface area contributed by atoms with E-state index in [2.05, 4.69) is 31.7 Å². The van der Waals surface area contributed by atoms with Gasteiger partial charge in [0.2, 0.25) is 0 Å². The molecule has 0 saturated heterocycles. The molecule has 1 fully saturated rings. The molecule has 2 nitrogen and oxygen atoms in total. The van der Waals surface area contributed by atoms with Gasteiger partial charge in [0.15, 0.2) is 0 Å². The molecule has 0 bridgehead atoms. The summed E-state index contributed by atoms with van der Waals surface area (Å²) in [7, 11) is 0. The highest BCUT2D eigenvalue weighted by molar-refractivity contribution is 5.13. The molecule has 0 aromatic heterocycles. The smallest absolute Gasteiger partial charge is 0.109 e. The van der Waals surface area contributed by atoms with Crippen LogP contribution in [0.15, 0.2) is 0 Å². The maximum absolute atomic E-state index is 9.14. The predicted octanol–water partition coefficient (Wildman–Crippen LogP) is 2.02. The average molecular weight is 166 g/mol. The zero-order valence-electron chi connectivity index (χ0n) is 8.30. The minimum atomic E-state index is -0.191. The van der Waals surface area contributed by atoms with Crippen molar-refractivity contribution in [2.45, 2.75) is 39.2 Å². The monoisotopic (exact) mass is 166 g/mol. The van der Waals surface area contributed by atoms with Gasteiger partial charge in [0.05, 0.1) is 6.07 Å². The van der Waals surface area contributed by atoms with Gasteiger partial charge >= 0.3 is 0 Å². The fourth-order valence-corrected chi connectivity index (χ4v) is 1.95. The van der Waals surface area contributed by atoms with Gasteiger partial charge in [0, 0.05) is 0 Å². The van der Waals surface area contributed by atoms with E-state index in [9.17, 15) is 0 Å². The van der Waals surface area contributed by atoms with Crippen molar-refractivity contribution < 1.29 is 0 Å². The Balaban J connectivity index is 2.70. The van der Waals surface area contributed by atoms with Gasteiger partial charge in [0.25, 0.3) is 0 Å². The summed E-state index contributed by atoms with van der Waals surface area (Å²) in [6.45, 7) is 8.30. The second-order valence-electron chi connectivity index (χ2n) is 3.71. The molecule has 0 aromatic carbocycles. The van der Waals surface area contributed by atoms with Gasteiger partial charge in [-0.2, -0.15) is 5.26 Å². The third-order valence-corrected chi connectivity index (χ3v) is 3.02. The summed E-state index contributed by atoms with van der Waals surface area (Å²) in [6.07, 6.45) is 2.47. The summed E-state index contributed by atoms with van der Waals surface area (Å²) in [5, 5.41) is 9.14. The summed E-state index contributed by atoms with van der Waals surface area (Å²) in [5.41, 5.74) is -0.191. The van der Waals surface area contributed by atoms with Crippen molar-refractivity contribution in [3.05, 3.63) is 0 Å². The summed E-state index contributed by atoms with van der Waals surface area (Å²) in [5.74, 6) is 0.627. The van der Waals surface area contributed by atoms with Crippen LogP contribution < -0.4 is 0 Å². The highest BCUT2D eigenvalue weighted by atomic mass is 15.2. The minimum Gasteiger partial charge on any atom is -0.286 e. The van der Waals surface area contributed by atoms with Crippen LogP contribution in [-0.4, -0.2) is 23.5 Å². The standard InChI is InChI=1S/C10H18N2/c1-4-12(5-2)10(3,8-11)9-6-7-9/h9H,4-7H2,1-3H3. The Bertz CT molecular complexity index is 187. The van der Waals surface area contributed by atoms with Crippen LogP contribution in [0.4, 0.5) is 0 Å². The van der Waals surface area contributed by atoms with Crippen LogP contribution in [0, 0.1) is 17.2 Å². The topological polar surface area (TPSA) is 27.0 Å². The van der Waals surface area contributed by atoms with E-state index in [0.717, 1.165) is 13.1 Å². The Hall–Kier alpha value is -0.550. The third kappa shape index (κ3) is 1.47. The Morgan fingerprint density at radius 2 is 1.92 bits per heavy atom. The first-order valence-corrected chi connectivity index (χ1v) is 4.85. The lowest BCUT2D eigenvalue weighted by Gasteiger charge is -2.34. The molecule has 2 heteroatoms. The predicted molar refractivity (Wildman–Crippen MR) is 49.7 cm³/mol. The number of rotatable bonds is 4. The van der Waals surface area contributed by atoms with E-state index in [1.54, 1.807) is 0 Å². The number of nitrogens with zero attached hydrogens (tertiary/aromatic N) is 2. The highest BCUT2D eigenvalue weighted by Crippen LogP contribution is 2.42. The van der Waals surface area contributed by atoms with Crippen molar-refractivity contribution in [2.24, 2.45) is 5.92 Å². The first kappa shape index (κ1) is 9.54. The number of nitriles is 1. The zero-order chi connectivity index (χ0) is 9.19. The molecule has 0 N–H and O–H groups in total. The lowest BCUT2D eigenvalue weighted by atomic mass is 9.95. The van der Waals surface area contributed by atoms with Gasteiger partial charge in [-0.25, -0.2) is 0 Å². The van der Waals surface area contributed by atoms with Crippen LogP contribution in [0.5, 0.6) is 0 Å². The first-order valence-electron chi connectivity index (χ1n) is 4.85. The van der Waals surface area contributed by atoms with Gasteiger partial charge in [-0.15, -0.1) is 0 Å². The molecule has 1 aliphatic carbocycles. The molecule has 0 aliphatic heterocycles. The van der Waals surface area contributed by atoms with Gasteiger partial charge in [-0.1, -0.05) is 13.8 Å². The Labute approximate surface area is 75.2 Å². The molecule has 1 saturated carbocycles. The molecule has 0 spiro atoms. The molecule has 12 heavy (non-hydrogen) atoms. The molecular weight excluding hydrogens is 148 g/mol. The van der Waals surface area contributed by atoms with Crippen LogP contribution in [0.1, 0.15) is 33.6 Å². The normalized spacial score (nSPS) is 21.9. The van der Waals surface area contributed by atoms with E-state index in [0.29, 0.717) is 5.92 Å². The third-order valence-electron chi connectivity index (χ3n) is 3.02. The Morgan fingerprint density at radius 3 is 2.17 bits per heavy atom. The second kappa shape index (κ2) is 3.45. The quantitative estimate of drug-likeness (QED) is 0.639. The number of hydrogen-bond acceptors (Lipinski definition) is 2. The number of hydrogen-bond donors (Lipinski definition) is 0. The van der Waals surface area contributed by atoms with Gasteiger partial charge < -0.3 is 0 Å².